The van der Waals surface area contributed by atoms with Gasteiger partial charge in [-0.25, -0.2) is 0 Å². The van der Waals surface area contributed by atoms with Gasteiger partial charge in [0.2, 0.25) is 17.7 Å². The van der Waals surface area contributed by atoms with Gasteiger partial charge in [0.25, 0.3) is 5.22 Å². The van der Waals surface area contributed by atoms with Crippen LogP contribution in [0.3, 0.4) is 0 Å². The van der Waals surface area contributed by atoms with E-state index in [0.29, 0.717) is 11.1 Å². The van der Waals surface area contributed by atoms with E-state index in [4.69, 9.17) is 4.42 Å². The Kier molecular flexibility index (Phi) is 5.75. The Bertz CT molecular complexity index is 714. The molecule has 0 aliphatic heterocycles. The lowest BCUT2D eigenvalue weighted by atomic mass is 10.1. The zero-order valence-electron chi connectivity index (χ0n) is 13.2. The summed E-state index contributed by atoms with van der Waals surface area (Å²) in [6, 6.07) is 5.89. The predicted molar refractivity (Wildman–Crippen MR) is 87.0 cm³/mol. The van der Waals surface area contributed by atoms with Gasteiger partial charge in [-0.05, 0) is 37.1 Å². The number of amides is 2. The summed E-state index contributed by atoms with van der Waals surface area (Å²) in [6.45, 7) is 4.00. The Labute approximate surface area is 138 Å². The van der Waals surface area contributed by atoms with Crippen molar-refractivity contribution in [2.24, 2.45) is 0 Å². The number of carbonyl (C=O) groups is 2. The number of hydrogen-bond donors (Lipinski definition) is 2. The highest BCUT2D eigenvalue weighted by Gasteiger charge is 2.12. The van der Waals surface area contributed by atoms with E-state index in [-0.39, 0.29) is 24.1 Å². The van der Waals surface area contributed by atoms with Crippen LogP contribution in [-0.4, -0.2) is 41.4 Å². The van der Waals surface area contributed by atoms with E-state index in [1.165, 1.54) is 12.6 Å². The normalized spacial score (nSPS) is 10.4. The second kappa shape index (κ2) is 7.77. The minimum Gasteiger partial charge on any atom is -0.411 e. The monoisotopic (exact) mass is 334 g/mol. The molecule has 2 rings (SSSR count). The van der Waals surface area contributed by atoms with Crippen LogP contribution in [0.1, 0.15) is 11.1 Å². The fraction of sp³-hybridized carbons (Fsp3) is 0.333. The summed E-state index contributed by atoms with van der Waals surface area (Å²) < 4.78 is 5.54. The number of thioether (sulfide) groups is 1. The van der Waals surface area contributed by atoms with Gasteiger partial charge >= 0.3 is 0 Å². The molecule has 2 aromatic rings. The van der Waals surface area contributed by atoms with Crippen molar-refractivity contribution in [3.63, 3.8) is 0 Å². The average molecular weight is 334 g/mol. The standard InChI is InChI=1S/C15H18N4O3S/c1-9-4-5-11(6-10(9)2)14-18-19-15(22-14)23-8-13(21)17-7-12(20)16-3/h4-6H,7-8H2,1-3H3,(H,16,20)(H,17,21). The molecule has 0 bridgehead atoms. The molecule has 0 aliphatic rings. The Morgan fingerprint density at radius 1 is 1.17 bits per heavy atom. The summed E-state index contributed by atoms with van der Waals surface area (Å²) in [5.41, 5.74) is 3.18. The smallest absolute Gasteiger partial charge is 0.277 e. The van der Waals surface area contributed by atoms with Crippen molar-refractivity contribution in [2.75, 3.05) is 19.3 Å². The maximum Gasteiger partial charge on any atom is 0.277 e. The molecule has 0 aliphatic carbocycles. The predicted octanol–water partition coefficient (Wildman–Crippen LogP) is 1.31. The number of nitrogens with zero attached hydrogens (tertiary/aromatic N) is 2. The van der Waals surface area contributed by atoms with E-state index in [9.17, 15) is 9.59 Å². The van der Waals surface area contributed by atoms with Gasteiger partial charge in [-0.1, -0.05) is 17.8 Å². The maximum absolute atomic E-state index is 11.6. The Morgan fingerprint density at radius 3 is 2.65 bits per heavy atom. The number of benzene rings is 1. The molecule has 0 unspecified atom stereocenters. The summed E-state index contributed by atoms with van der Waals surface area (Å²) in [7, 11) is 1.51. The Balaban J connectivity index is 1.91. The fourth-order valence-corrected chi connectivity index (χ4v) is 2.30. The molecule has 0 saturated heterocycles. The second-order valence-corrected chi connectivity index (χ2v) is 5.84. The number of hydrogen-bond acceptors (Lipinski definition) is 6. The number of aromatic nitrogens is 2. The minimum absolute atomic E-state index is 0.0480. The van der Waals surface area contributed by atoms with Crippen LogP contribution in [0.2, 0.25) is 0 Å². The Hall–Kier alpha value is -2.35. The third-order valence-electron chi connectivity index (χ3n) is 3.21. The molecule has 1 heterocycles. The first-order valence-corrected chi connectivity index (χ1v) is 7.99. The number of rotatable bonds is 6. The molecule has 0 atom stereocenters. The topological polar surface area (TPSA) is 97.1 Å². The van der Waals surface area contributed by atoms with Crippen molar-refractivity contribution < 1.29 is 14.0 Å². The van der Waals surface area contributed by atoms with E-state index in [1.807, 2.05) is 32.0 Å². The van der Waals surface area contributed by atoms with Crippen LogP contribution in [0.5, 0.6) is 0 Å². The number of carbonyl (C=O) groups excluding carboxylic acids is 2. The van der Waals surface area contributed by atoms with E-state index >= 15 is 0 Å². The molecule has 23 heavy (non-hydrogen) atoms. The molecule has 1 aromatic heterocycles. The highest BCUT2D eigenvalue weighted by molar-refractivity contribution is 7.99. The number of likely N-dealkylation sites (N-methyl/N-ethyl adjacent to an activating group) is 1. The van der Waals surface area contributed by atoms with Gasteiger partial charge in [-0.2, -0.15) is 0 Å². The highest BCUT2D eigenvalue weighted by atomic mass is 32.2. The van der Waals surface area contributed by atoms with Gasteiger partial charge < -0.3 is 15.1 Å². The first kappa shape index (κ1) is 17.0. The van der Waals surface area contributed by atoms with Gasteiger partial charge in [0, 0.05) is 12.6 Å². The summed E-state index contributed by atoms with van der Waals surface area (Å²) in [6.07, 6.45) is 0. The second-order valence-electron chi connectivity index (χ2n) is 4.91. The lowest BCUT2D eigenvalue weighted by molar-refractivity contribution is -0.124. The van der Waals surface area contributed by atoms with Crippen molar-refractivity contribution in [3.05, 3.63) is 29.3 Å². The molecular formula is C15H18N4O3S. The molecule has 0 fully saturated rings. The van der Waals surface area contributed by atoms with Gasteiger partial charge in [-0.15, -0.1) is 10.2 Å². The first-order valence-electron chi connectivity index (χ1n) is 7.01. The van der Waals surface area contributed by atoms with Crippen molar-refractivity contribution in [3.8, 4) is 11.5 Å². The molecule has 7 nitrogen and oxygen atoms in total. The van der Waals surface area contributed by atoms with Crippen LogP contribution >= 0.6 is 11.8 Å². The largest absolute Gasteiger partial charge is 0.411 e. The average Bonchev–Trinajstić information content (AvgIpc) is 3.02. The summed E-state index contributed by atoms with van der Waals surface area (Å²) >= 11 is 1.13. The number of nitrogens with one attached hydrogen (secondary N) is 2. The third-order valence-corrected chi connectivity index (χ3v) is 4.03. The van der Waals surface area contributed by atoms with Crippen molar-refractivity contribution >= 4 is 23.6 Å². The molecule has 122 valence electrons. The molecule has 8 heteroatoms. The van der Waals surface area contributed by atoms with Crippen LogP contribution in [0, 0.1) is 13.8 Å². The zero-order chi connectivity index (χ0) is 16.8. The van der Waals surface area contributed by atoms with Gasteiger partial charge in [0.1, 0.15) is 0 Å². The maximum atomic E-state index is 11.6. The molecule has 0 radical (unpaired) electrons. The van der Waals surface area contributed by atoms with E-state index in [2.05, 4.69) is 20.8 Å². The Morgan fingerprint density at radius 2 is 1.96 bits per heavy atom. The summed E-state index contributed by atoms with van der Waals surface area (Å²) in [4.78, 5) is 22.6. The summed E-state index contributed by atoms with van der Waals surface area (Å²) in [5, 5.41) is 13.1. The molecule has 2 amide bonds. The van der Waals surface area contributed by atoms with E-state index in [0.717, 1.165) is 22.9 Å². The van der Waals surface area contributed by atoms with Gasteiger partial charge in [0.05, 0.1) is 12.3 Å². The quantitative estimate of drug-likeness (QED) is 0.773. The third kappa shape index (κ3) is 4.82. The molecular weight excluding hydrogens is 316 g/mol. The van der Waals surface area contributed by atoms with Crippen LogP contribution in [-0.2, 0) is 9.59 Å². The SMILES string of the molecule is CNC(=O)CNC(=O)CSc1nnc(-c2ccc(C)c(C)c2)o1. The van der Waals surface area contributed by atoms with Crippen molar-refractivity contribution in [2.45, 2.75) is 19.1 Å². The number of aryl methyl sites for hydroxylation is 2. The molecule has 0 saturated carbocycles. The van der Waals surface area contributed by atoms with Crippen LogP contribution in [0.25, 0.3) is 11.5 Å². The van der Waals surface area contributed by atoms with Crippen LogP contribution in [0.4, 0.5) is 0 Å². The first-order chi connectivity index (χ1) is 11.0. The lowest BCUT2D eigenvalue weighted by Gasteiger charge is -2.02. The fourth-order valence-electron chi connectivity index (χ4n) is 1.70. The van der Waals surface area contributed by atoms with Crippen LogP contribution in [0.15, 0.2) is 27.8 Å². The van der Waals surface area contributed by atoms with E-state index in [1.54, 1.807) is 0 Å². The molecule has 0 spiro atoms. The van der Waals surface area contributed by atoms with Crippen molar-refractivity contribution in [1.82, 2.24) is 20.8 Å². The van der Waals surface area contributed by atoms with E-state index < -0.39 is 0 Å². The molecule has 2 N–H and O–H groups in total. The zero-order valence-corrected chi connectivity index (χ0v) is 14.0. The van der Waals surface area contributed by atoms with Gasteiger partial charge in [0.15, 0.2) is 0 Å². The highest BCUT2D eigenvalue weighted by Crippen LogP contribution is 2.24. The van der Waals surface area contributed by atoms with Crippen LogP contribution < -0.4 is 10.6 Å². The lowest BCUT2D eigenvalue weighted by Crippen LogP contribution is -2.35. The van der Waals surface area contributed by atoms with Gasteiger partial charge in [-0.3, -0.25) is 9.59 Å². The van der Waals surface area contributed by atoms with Crippen molar-refractivity contribution in [1.29, 1.82) is 0 Å². The summed E-state index contributed by atoms with van der Waals surface area (Å²) in [5.74, 6) is -0.00461. The molecule has 1 aromatic carbocycles. The minimum atomic E-state index is -0.274.